The fourth-order valence-electron chi connectivity index (χ4n) is 1.95. The minimum Gasteiger partial charge on any atom is -1.00 e. The van der Waals surface area contributed by atoms with Crippen LogP contribution in [0.15, 0.2) is 52.9 Å². The molecule has 2 heteroatoms. The Balaban J connectivity index is 0.00000128. The molecular weight excluding hydrogens is 295 g/mol. The summed E-state index contributed by atoms with van der Waals surface area (Å²) in [5.74, 6) is 0. The molecule has 0 aromatic heterocycles. The molecule has 0 fully saturated rings. The van der Waals surface area contributed by atoms with Gasteiger partial charge in [0.15, 0.2) is 0 Å². The van der Waals surface area contributed by atoms with Gasteiger partial charge in [-0.1, -0.05) is 0 Å². The molecule has 2 aliphatic carbocycles. The van der Waals surface area contributed by atoms with Crippen LogP contribution in [0.2, 0.25) is 0 Å². The van der Waals surface area contributed by atoms with Gasteiger partial charge in [0.2, 0.25) is 0 Å². The summed E-state index contributed by atoms with van der Waals surface area (Å²) >= 11 is -1.55. The fourth-order valence-corrected chi connectivity index (χ4v) is 8.19. The van der Waals surface area contributed by atoms with Gasteiger partial charge in [0.1, 0.15) is 0 Å². The zero-order valence-electron chi connectivity index (χ0n) is 9.62. The van der Waals surface area contributed by atoms with Gasteiger partial charge >= 0.3 is 101 Å². The average Bonchev–Trinajstić information content (AvgIpc) is 2.90. The second-order valence-electron chi connectivity index (χ2n) is 3.87. The van der Waals surface area contributed by atoms with Crippen LogP contribution >= 0.6 is 0 Å². The summed E-state index contributed by atoms with van der Waals surface area (Å²) < 4.78 is 6.02. The van der Waals surface area contributed by atoms with Gasteiger partial charge in [0, 0.05) is 0 Å². The molecule has 0 aromatic rings. The molecule has 0 unspecified atom stereocenters. The van der Waals surface area contributed by atoms with E-state index in [1.165, 1.54) is 19.3 Å². The number of hydrogen-bond acceptors (Lipinski definition) is 0. The first-order chi connectivity index (χ1) is 7.42. The monoisotopic (exact) mass is 310 g/mol. The molecule has 0 spiro atoms. The SMILES string of the molecule is CC/C=[CH]/[Zr+]([C]1=CC=CC1)[C]1=CC=CC1.[Cl-]. The molecule has 16 heavy (non-hydrogen) atoms. The van der Waals surface area contributed by atoms with Crippen LogP contribution in [-0.4, -0.2) is 0 Å². The zero-order valence-corrected chi connectivity index (χ0v) is 12.8. The molecule has 0 nitrogen and oxygen atoms in total. The van der Waals surface area contributed by atoms with Crippen molar-refractivity contribution in [1.29, 1.82) is 0 Å². The summed E-state index contributed by atoms with van der Waals surface area (Å²) in [6, 6.07) is 0. The summed E-state index contributed by atoms with van der Waals surface area (Å²) in [4.78, 5) is 0. The van der Waals surface area contributed by atoms with Gasteiger partial charge in [-0.25, -0.2) is 0 Å². The van der Waals surface area contributed by atoms with Gasteiger partial charge in [-0.05, 0) is 0 Å². The topological polar surface area (TPSA) is 0 Å². The molecule has 0 amide bonds. The fraction of sp³-hybridized carbons (Fsp3) is 0.286. The van der Waals surface area contributed by atoms with Crippen LogP contribution in [0.5, 0.6) is 0 Å². The second kappa shape index (κ2) is 7.25. The van der Waals surface area contributed by atoms with E-state index in [4.69, 9.17) is 0 Å². The van der Waals surface area contributed by atoms with E-state index in [0.717, 1.165) is 0 Å². The Labute approximate surface area is 113 Å². The molecule has 0 aliphatic heterocycles. The Morgan fingerprint density at radius 2 is 1.69 bits per heavy atom. The normalized spacial score (nSPS) is 17.6. The second-order valence-corrected chi connectivity index (χ2v) is 9.88. The van der Waals surface area contributed by atoms with E-state index in [-0.39, 0.29) is 12.4 Å². The van der Waals surface area contributed by atoms with Gasteiger partial charge in [-0.15, -0.1) is 0 Å². The maximum atomic E-state index is 2.56. The minimum atomic E-state index is -1.55. The molecule has 0 bridgehead atoms. The van der Waals surface area contributed by atoms with Crippen molar-refractivity contribution < 1.29 is 34.2 Å². The van der Waals surface area contributed by atoms with Crippen molar-refractivity contribution in [2.24, 2.45) is 0 Å². The Morgan fingerprint density at radius 3 is 2.06 bits per heavy atom. The molecule has 84 valence electrons. The number of allylic oxidation sites excluding steroid dienone is 9. The van der Waals surface area contributed by atoms with Crippen LogP contribution in [0.4, 0.5) is 0 Å². The maximum absolute atomic E-state index is 2.56. The number of hydrogen-bond donors (Lipinski definition) is 0. The van der Waals surface area contributed by atoms with Crippen molar-refractivity contribution in [3.05, 3.63) is 52.9 Å². The summed E-state index contributed by atoms with van der Waals surface area (Å²) in [6.45, 7) is 2.22. The van der Waals surface area contributed by atoms with Crippen molar-refractivity contribution in [2.45, 2.75) is 26.2 Å². The van der Waals surface area contributed by atoms with Crippen LogP contribution in [0, 0.1) is 0 Å². The van der Waals surface area contributed by atoms with Crippen molar-refractivity contribution >= 4 is 0 Å². The van der Waals surface area contributed by atoms with E-state index in [9.17, 15) is 0 Å². The van der Waals surface area contributed by atoms with Gasteiger partial charge in [-0.3, -0.25) is 0 Å². The molecule has 0 saturated carbocycles. The molecular formula is C14H17ClZr. The molecule has 0 radical (unpaired) electrons. The smallest absolute Gasteiger partial charge is 1.00 e. The third-order valence-electron chi connectivity index (χ3n) is 2.75. The van der Waals surface area contributed by atoms with Gasteiger partial charge in [0.25, 0.3) is 0 Å². The predicted molar refractivity (Wildman–Crippen MR) is 63.1 cm³/mol. The van der Waals surface area contributed by atoms with Crippen LogP contribution in [-0.2, 0) is 21.8 Å². The van der Waals surface area contributed by atoms with Crippen molar-refractivity contribution in [3.63, 3.8) is 0 Å². The standard InChI is InChI=1S/2C5H5.C4H7.ClH.Zr/c2*1-2-4-5-3-1;1-3-4-2;;/h2*1-3H,4H2;1,3H,4H2,2H3;1H;/q;;;;+1/p-1. The van der Waals surface area contributed by atoms with Crippen molar-refractivity contribution in [2.75, 3.05) is 0 Å². The average molecular weight is 312 g/mol. The van der Waals surface area contributed by atoms with E-state index in [1.54, 1.807) is 6.56 Å². The largest absolute Gasteiger partial charge is 1.00 e. The molecule has 2 rings (SSSR count). The van der Waals surface area contributed by atoms with Gasteiger partial charge in [-0.2, -0.15) is 0 Å². The molecule has 0 heterocycles. The molecule has 0 aromatic carbocycles. The summed E-state index contributed by atoms with van der Waals surface area (Å²) in [5.41, 5.74) is 0. The van der Waals surface area contributed by atoms with Gasteiger partial charge < -0.3 is 12.4 Å². The van der Waals surface area contributed by atoms with Crippen molar-refractivity contribution in [1.82, 2.24) is 0 Å². The maximum Gasteiger partial charge on any atom is -1.00 e. The Morgan fingerprint density at radius 1 is 1.12 bits per heavy atom. The van der Waals surface area contributed by atoms with Crippen LogP contribution in [0.1, 0.15) is 26.2 Å². The van der Waals surface area contributed by atoms with E-state index in [1.807, 2.05) is 0 Å². The Kier molecular flexibility index (Phi) is 6.31. The Bertz CT molecular complexity index is 342. The first-order valence-corrected chi connectivity index (χ1v) is 9.55. The van der Waals surface area contributed by atoms with E-state index in [2.05, 4.69) is 53.2 Å². The zero-order chi connectivity index (χ0) is 10.5. The first-order valence-electron chi connectivity index (χ1n) is 5.67. The molecule has 2 aliphatic rings. The van der Waals surface area contributed by atoms with Crippen LogP contribution in [0.25, 0.3) is 0 Å². The molecule has 0 atom stereocenters. The third kappa shape index (κ3) is 3.43. The third-order valence-corrected chi connectivity index (χ3v) is 9.38. The summed E-state index contributed by atoms with van der Waals surface area (Å²) in [5, 5.41) is 0. The van der Waals surface area contributed by atoms with E-state index >= 15 is 0 Å². The number of halogens is 1. The van der Waals surface area contributed by atoms with E-state index in [0.29, 0.717) is 0 Å². The molecule has 0 N–H and O–H groups in total. The quantitative estimate of drug-likeness (QED) is 0.732. The van der Waals surface area contributed by atoms with E-state index < -0.39 is 21.8 Å². The predicted octanol–water partition coefficient (Wildman–Crippen LogP) is 1.22. The summed E-state index contributed by atoms with van der Waals surface area (Å²) in [7, 11) is 0. The van der Waals surface area contributed by atoms with Crippen molar-refractivity contribution in [3.8, 4) is 0 Å². The van der Waals surface area contributed by atoms with Crippen LogP contribution < -0.4 is 12.4 Å². The van der Waals surface area contributed by atoms with Gasteiger partial charge in [0.05, 0.1) is 0 Å². The number of rotatable bonds is 4. The molecule has 0 saturated heterocycles. The summed E-state index contributed by atoms with van der Waals surface area (Å²) in [6.07, 6.45) is 19.7. The first kappa shape index (κ1) is 13.9. The Hall–Kier alpha value is -0.127. The van der Waals surface area contributed by atoms with Crippen LogP contribution in [0.3, 0.4) is 0 Å². The minimum absolute atomic E-state index is 0.